The molecule has 0 saturated heterocycles. The Hall–Kier alpha value is -2.60. The molecule has 0 saturated carbocycles. The smallest absolute Gasteiger partial charge is 0.166 e. The van der Waals surface area contributed by atoms with Gasteiger partial charge in [0.05, 0.1) is 17.3 Å². The number of anilines is 1. The molecule has 1 aromatic carbocycles. The van der Waals surface area contributed by atoms with Gasteiger partial charge in [-0.05, 0) is 36.8 Å². The summed E-state index contributed by atoms with van der Waals surface area (Å²) in [6.45, 7) is 2.74. The molecule has 0 unspecified atom stereocenters. The molecule has 0 bridgehead atoms. The molecule has 122 valence electrons. The van der Waals surface area contributed by atoms with Gasteiger partial charge in [0, 0.05) is 24.7 Å². The van der Waals surface area contributed by atoms with E-state index >= 15 is 0 Å². The molecule has 0 aliphatic heterocycles. The highest BCUT2D eigenvalue weighted by Crippen LogP contribution is 2.37. The number of methoxy groups -OCH3 is 1. The van der Waals surface area contributed by atoms with Crippen molar-refractivity contribution in [1.29, 1.82) is 0 Å². The molecule has 0 fully saturated rings. The average Bonchev–Trinajstić information content (AvgIpc) is 3.10. The third-order valence-electron chi connectivity index (χ3n) is 4.08. The van der Waals surface area contributed by atoms with Gasteiger partial charge in [-0.2, -0.15) is 5.10 Å². The van der Waals surface area contributed by atoms with Gasteiger partial charge >= 0.3 is 0 Å². The molecular formula is C18H18N4OS. The Morgan fingerprint density at radius 2 is 1.96 bits per heavy atom. The predicted molar refractivity (Wildman–Crippen MR) is 98.9 cm³/mol. The largest absolute Gasteiger partial charge is 0.497 e. The maximum atomic E-state index is 5.19. The van der Waals surface area contributed by atoms with Crippen LogP contribution < -0.4 is 10.1 Å². The summed E-state index contributed by atoms with van der Waals surface area (Å²) in [7, 11) is 3.65. The number of nitrogens with one attached hydrogen (secondary N) is 1. The van der Waals surface area contributed by atoms with Crippen LogP contribution in [0.4, 0.5) is 5.82 Å². The normalized spacial score (nSPS) is 11.3. The molecule has 6 heteroatoms. The van der Waals surface area contributed by atoms with Crippen molar-refractivity contribution in [3.05, 3.63) is 47.7 Å². The first-order chi connectivity index (χ1) is 11.7. The van der Waals surface area contributed by atoms with E-state index in [9.17, 15) is 0 Å². The highest BCUT2D eigenvalue weighted by molar-refractivity contribution is 7.26. The van der Waals surface area contributed by atoms with Gasteiger partial charge in [-0.1, -0.05) is 12.1 Å². The molecule has 0 amide bonds. The fourth-order valence-corrected chi connectivity index (χ4v) is 4.04. The zero-order valence-electron chi connectivity index (χ0n) is 13.8. The lowest BCUT2D eigenvalue weighted by Crippen LogP contribution is -2.01. The molecule has 4 rings (SSSR count). The van der Waals surface area contributed by atoms with Crippen molar-refractivity contribution in [1.82, 2.24) is 14.8 Å². The van der Waals surface area contributed by atoms with Crippen LogP contribution in [0.3, 0.4) is 0 Å². The van der Waals surface area contributed by atoms with E-state index in [1.807, 2.05) is 36.9 Å². The summed E-state index contributed by atoms with van der Waals surface area (Å²) < 4.78 is 8.28. The molecule has 0 atom stereocenters. The predicted octanol–water partition coefficient (Wildman–Crippen LogP) is 4.11. The Kier molecular flexibility index (Phi) is 3.61. The monoisotopic (exact) mass is 338 g/mol. The van der Waals surface area contributed by atoms with Crippen molar-refractivity contribution < 1.29 is 4.74 Å². The second kappa shape index (κ2) is 5.79. The van der Waals surface area contributed by atoms with Crippen LogP contribution in [0.5, 0.6) is 5.75 Å². The summed E-state index contributed by atoms with van der Waals surface area (Å²) in [4.78, 5) is 5.70. The van der Waals surface area contributed by atoms with E-state index in [0.29, 0.717) is 0 Å². The number of rotatable bonds is 4. The van der Waals surface area contributed by atoms with Crippen LogP contribution in [0.2, 0.25) is 0 Å². The minimum absolute atomic E-state index is 0.719. The number of pyridine rings is 1. The Balaban J connectivity index is 1.67. The summed E-state index contributed by atoms with van der Waals surface area (Å²) in [5.41, 5.74) is 3.36. The molecule has 0 aliphatic rings. The van der Waals surface area contributed by atoms with Crippen LogP contribution in [0, 0.1) is 6.92 Å². The quantitative estimate of drug-likeness (QED) is 0.608. The van der Waals surface area contributed by atoms with Gasteiger partial charge in [0.15, 0.2) is 5.82 Å². The fraction of sp³-hybridized carbons (Fsp3) is 0.222. The van der Waals surface area contributed by atoms with Crippen molar-refractivity contribution >= 4 is 37.6 Å². The van der Waals surface area contributed by atoms with Gasteiger partial charge < -0.3 is 10.1 Å². The molecule has 3 aromatic heterocycles. The van der Waals surface area contributed by atoms with Crippen LogP contribution in [-0.4, -0.2) is 21.9 Å². The summed E-state index contributed by atoms with van der Waals surface area (Å²) in [5.74, 6) is 1.77. The zero-order valence-corrected chi connectivity index (χ0v) is 14.6. The lowest BCUT2D eigenvalue weighted by Gasteiger charge is -2.05. The van der Waals surface area contributed by atoms with Gasteiger partial charge in [-0.15, -0.1) is 11.3 Å². The Morgan fingerprint density at radius 3 is 2.71 bits per heavy atom. The maximum absolute atomic E-state index is 5.19. The number of hydrogen-bond acceptors (Lipinski definition) is 5. The third-order valence-corrected chi connectivity index (χ3v) is 5.17. The SMILES string of the molecule is COc1ccc(CNc2nn(C)c3c2sc2nc(C)ccc23)cc1. The van der Waals surface area contributed by atoms with E-state index in [0.717, 1.165) is 44.2 Å². The number of benzene rings is 1. The first-order valence-electron chi connectivity index (χ1n) is 7.75. The second-order valence-corrected chi connectivity index (χ2v) is 6.76. The van der Waals surface area contributed by atoms with Crippen LogP contribution in [0.25, 0.3) is 20.4 Å². The van der Waals surface area contributed by atoms with E-state index in [4.69, 9.17) is 4.74 Å². The van der Waals surface area contributed by atoms with Gasteiger partial charge in [-0.25, -0.2) is 4.98 Å². The van der Waals surface area contributed by atoms with E-state index in [1.165, 1.54) is 5.56 Å². The topological polar surface area (TPSA) is 52.0 Å². The standard InChI is InChI=1S/C18H18N4OS/c1-11-4-9-14-15-16(24-18(14)20-11)17(21-22(15)2)19-10-12-5-7-13(23-3)8-6-12/h4-9H,10H2,1-3H3,(H,19,21). The summed E-state index contributed by atoms with van der Waals surface area (Å²) in [6, 6.07) is 12.2. The van der Waals surface area contributed by atoms with Crippen molar-refractivity contribution in [2.75, 3.05) is 12.4 Å². The van der Waals surface area contributed by atoms with Gasteiger partial charge in [0.2, 0.25) is 0 Å². The van der Waals surface area contributed by atoms with Crippen LogP contribution in [-0.2, 0) is 13.6 Å². The first-order valence-corrected chi connectivity index (χ1v) is 8.57. The molecule has 24 heavy (non-hydrogen) atoms. The molecule has 0 aliphatic carbocycles. The van der Waals surface area contributed by atoms with E-state index in [2.05, 4.69) is 33.6 Å². The molecular weight excluding hydrogens is 320 g/mol. The number of fused-ring (bicyclic) bond motifs is 3. The highest BCUT2D eigenvalue weighted by Gasteiger charge is 2.15. The number of nitrogens with zero attached hydrogens (tertiary/aromatic N) is 3. The number of hydrogen-bond donors (Lipinski definition) is 1. The van der Waals surface area contributed by atoms with Gasteiger partial charge in [-0.3, -0.25) is 4.68 Å². The van der Waals surface area contributed by atoms with Gasteiger partial charge in [0.1, 0.15) is 10.6 Å². The number of aromatic nitrogens is 3. The molecule has 4 aromatic rings. The molecule has 1 N–H and O–H groups in total. The van der Waals surface area contributed by atoms with Crippen molar-refractivity contribution in [2.24, 2.45) is 7.05 Å². The lowest BCUT2D eigenvalue weighted by atomic mass is 10.2. The maximum Gasteiger partial charge on any atom is 0.166 e. The average molecular weight is 338 g/mol. The minimum atomic E-state index is 0.719. The Bertz CT molecular complexity index is 1020. The highest BCUT2D eigenvalue weighted by atomic mass is 32.1. The summed E-state index contributed by atoms with van der Waals surface area (Å²) >= 11 is 1.69. The van der Waals surface area contributed by atoms with Crippen LogP contribution in [0.1, 0.15) is 11.3 Å². The van der Waals surface area contributed by atoms with Crippen molar-refractivity contribution in [3.63, 3.8) is 0 Å². The molecule has 0 radical (unpaired) electrons. The third kappa shape index (κ3) is 2.49. The molecule has 0 spiro atoms. The fourth-order valence-electron chi connectivity index (χ4n) is 2.83. The summed E-state index contributed by atoms with van der Waals surface area (Å²) in [6.07, 6.45) is 0. The van der Waals surface area contributed by atoms with Crippen molar-refractivity contribution in [3.8, 4) is 5.75 Å². The zero-order chi connectivity index (χ0) is 16.7. The number of thiophene rings is 1. The number of aryl methyl sites for hydroxylation is 2. The van der Waals surface area contributed by atoms with Crippen LogP contribution >= 0.6 is 11.3 Å². The Morgan fingerprint density at radius 1 is 1.17 bits per heavy atom. The van der Waals surface area contributed by atoms with Crippen LogP contribution in [0.15, 0.2) is 36.4 Å². The number of ether oxygens (including phenoxy) is 1. The minimum Gasteiger partial charge on any atom is -0.497 e. The Labute approximate surface area is 143 Å². The van der Waals surface area contributed by atoms with E-state index < -0.39 is 0 Å². The summed E-state index contributed by atoms with van der Waals surface area (Å²) in [5, 5.41) is 9.24. The van der Waals surface area contributed by atoms with E-state index in [1.54, 1.807) is 18.4 Å². The molecule has 3 heterocycles. The van der Waals surface area contributed by atoms with E-state index in [-0.39, 0.29) is 0 Å². The first kappa shape index (κ1) is 15.0. The lowest BCUT2D eigenvalue weighted by molar-refractivity contribution is 0.414. The van der Waals surface area contributed by atoms with Gasteiger partial charge in [0.25, 0.3) is 0 Å². The second-order valence-electron chi connectivity index (χ2n) is 5.76. The van der Waals surface area contributed by atoms with Crippen molar-refractivity contribution in [2.45, 2.75) is 13.5 Å². The molecule has 5 nitrogen and oxygen atoms in total.